The first-order valence-corrected chi connectivity index (χ1v) is 6.73. The van der Waals surface area contributed by atoms with Crippen molar-refractivity contribution < 1.29 is 0 Å². The third-order valence-corrected chi connectivity index (χ3v) is 2.75. The Balaban J connectivity index is 1.89. The van der Waals surface area contributed by atoms with E-state index in [9.17, 15) is 0 Å². The Kier molecular flexibility index (Phi) is 4.93. The highest BCUT2D eigenvalue weighted by Crippen LogP contribution is 2.08. The molecule has 1 N–H and O–H groups in total. The maximum Gasteiger partial charge on any atom is 0.0645 e. The zero-order valence-electron chi connectivity index (χ0n) is 11.6. The highest BCUT2D eigenvalue weighted by Gasteiger charge is 1.97. The van der Waals surface area contributed by atoms with Crippen LogP contribution in [0.3, 0.4) is 0 Å². The summed E-state index contributed by atoms with van der Waals surface area (Å²) in [6.07, 6.45) is 8.15. The summed E-state index contributed by atoms with van der Waals surface area (Å²) in [5.41, 5.74) is 2.20. The molecule has 0 unspecified atom stereocenters. The molecule has 0 aliphatic rings. The molecule has 3 nitrogen and oxygen atoms in total. The SMILES string of the molecule is CC(C)CNCC=Cc1cnn(-c2ccccc2)c1. The Morgan fingerprint density at radius 2 is 2.05 bits per heavy atom. The van der Waals surface area contributed by atoms with Crippen LogP contribution in [0, 0.1) is 5.92 Å². The molecule has 1 heterocycles. The topological polar surface area (TPSA) is 29.9 Å². The van der Waals surface area contributed by atoms with Crippen molar-refractivity contribution in [2.45, 2.75) is 13.8 Å². The van der Waals surface area contributed by atoms with E-state index in [2.05, 4.69) is 36.4 Å². The molecule has 0 aliphatic carbocycles. The van der Waals surface area contributed by atoms with Crippen LogP contribution in [0.2, 0.25) is 0 Å². The molecule has 3 heteroatoms. The van der Waals surface area contributed by atoms with Crippen LogP contribution in [0.15, 0.2) is 48.8 Å². The van der Waals surface area contributed by atoms with Gasteiger partial charge in [-0.2, -0.15) is 5.10 Å². The minimum atomic E-state index is 0.689. The van der Waals surface area contributed by atoms with Crippen molar-refractivity contribution in [1.82, 2.24) is 15.1 Å². The Bertz CT molecular complexity index is 512. The average Bonchev–Trinajstić information content (AvgIpc) is 2.88. The van der Waals surface area contributed by atoms with Gasteiger partial charge in [0.15, 0.2) is 0 Å². The molecule has 100 valence electrons. The van der Waals surface area contributed by atoms with Crippen molar-refractivity contribution in [1.29, 1.82) is 0 Å². The lowest BCUT2D eigenvalue weighted by Gasteiger charge is -2.03. The van der Waals surface area contributed by atoms with Gasteiger partial charge in [-0.25, -0.2) is 4.68 Å². The van der Waals surface area contributed by atoms with E-state index in [-0.39, 0.29) is 0 Å². The predicted molar refractivity (Wildman–Crippen MR) is 80.3 cm³/mol. The van der Waals surface area contributed by atoms with E-state index < -0.39 is 0 Å². The summed E-state index contributed by atoms with van der Waals surface area (Å²) < 4.78 is 1.89. The molecule has 0 atom stereocenters. The van der Waals surface area contributed by atoms with Crippen LogP contribution in [-0.2, 0) is 0 Å². The first-order chi connectivity index (χ1) is 9.25. The zero-order chi connectivity index (χ0) is 13.5. The first-order valence-electron chi connectivity index (χ1n) is 6.73. The van der Waals surface area contributed by atoms with Gasteiger partial charge >= 0.3 is 0 Å². The fourth-order valence-corrected chi connectivity index (χ4v) is 1.80. The molecule has 0 bridgehead atoms. The maximum atomic E-state index is 4.36. The molecular weight excluding hydrogens is 234 g/mol. The smallest absolute Gasteiger partial charge is 0.0645 e. The summed E-state index contributed by atoms with van der Waals surface area (Å²) in [5, 5.41) is 7.74. The lowest BCUT2D eigenvalue weighted by molar-refractivity contribution is 0.577. The Morgan fingerprint density at radius 1 is 1.26 bits per heavy atom. The molecule has 0 saturated heterocycles. The molecule has 0 radical (unpaired) electrons. The van der Waals surface area contributed by atoms with Crippen molar-refractivity contribution in [2.75, 3.05) is 13.1 Å². The van der Waals surface area contributed by atoms with Crippen LogP contribution < -0.4 is 5.32 Å². The summed E-state index contributed by atoms with van der Waals surface area (Å²) in [5.74, 6) is 0.689. The van der Waals surface area contributed by atoms with E-state index in [1.165, 1.54) is 0 Å². The van der Waals surface area contributed by atoms with Crippen LogP contribution in [0.1, 0.15) is 19.4 Å². The molecule has 2 aromatic rings. The molecule has 2 rings (SSSR count). The van der Waals surface area contributed by atoms with Crippen LogP contribution in [0.5, 0.6) is 0 Å². The number of para-hydroxylation sites is 1. The summed E-state index contributed by atoms with van der Waals surface area (Å²) in [6, 6.07) is 10.1. The van der Waals surface area contributed by atoms with E-state index in [1.807, 2.05) is 47.4 Å². The predicted octanol–water partition coefficient (Wildman–Crippen LogP) is 3.13. The van der Waals surface area contributed by atoms with E-state index in [0.717, 1.165) is 24.3 Å². The number of nitrogens with one attached hydrogen (secondary N) is 1. The van der Waals surface area contributed by atoms with Crippen LogP contribution >= 0.6 is 0 Å². The van der Waals surface area contributed by atoms with E-state index in [4.69, 9.17) is 0 Å². The largest absolute Gasteiger partial charge is 0.313 e. The van der Waals surface area contributed by atoms with Crippen molar-refractivity contribution in [2.24, 2.45) is 5.92 Å². The fraction of sp³-hybridized carbons (Fsp3) is 0.312. The first kappa shape index (κ1) is 13.6. The van der Waals surface area contributed by atoms with Crippen molar-refractivity contribution in [3.63, 3.8) is 0 Å². The molecule has 0 aliphatic heterocycles. The monoisotopic (exact) mass is 255 g/mol. The summed E-state index contributed by atoms with van der Waals surface area (Å²) >= 11 is 0. The molecule has 1 aromatic heterocycles. The molecule has 0 saturated carbocycles. The number of benzene rings is 1. The maximum absolute atomic E-state index is 4.36. The van der Waals surface area contributed by atoms with E-state index in [1.54, 1.807) is 0 Å². The van der Waals surface area contributed by atoms with Gasteiger partial charge < -0.3 is 5.32 Å². The van der Waals surface area contributed by atoms with Gasteiger partial charge in [0.05, 0.1) is 11.9 Å². The lowest BCUT2D eigenvalue weighted by Crippen LogP contribution is -2.19. The molecule has 0 fully saturated rings. The van der Waals surface area contributed by atoms with Gasteiger partial charge in [0.25, 0.3) is 0 Å². The van der Waals surface area contributed by atoms with Gasteiger partial charge in [0, 0.05) is 18.3 Å². The molecule has 0 spiro atoms. The van der Waals surface area contributed by atoms with Crippen LogP contribution in [-0.4, -0.2) is 22.9 Å². The van der Waals surface area contributed by atoms with Gasteiger partial charge in [-0.15, -0.1) is 0 Å². The van der Waals surface area contributed by atoms with Crippen molar-refractivity contribution >= 4 is 6.08 Å². The second-order valence-electron chi connectivity index (χ2n) is 5.01. The summed E-state index contributed by atoms with van der Waals surface area (Å²) in [7, 11) is 0. The number of hydrogen-bond donors (Lipinski definition) is 1. The van der Waals surface area contributed by atoms with Gasteiger partial charge in [-0.3, -0.25) is 0 Å². The molecule has 1 aromatic carbocycles. The fourth-order valence-electron chi connectivity index (χ4n) is 1.80. The number of rotatable bonds is 6. The van der Waals surface area contributed by atoms with E-state index >= 15 is 0 Å². The Labute approximate surface area is 115 Å². The van der Waals surface area contributed by atoms with E-state index in [0.29, 0.717) is 5.92 Å². The third-order valence-electron chi connectivity index (χ3n) is 2.75. The number of aromatic nitrogens is 2. The normalized spacial score (nSPS) is 11.5. The molecular formula is C16H21N3. The lowest BCUT2D eigenvalue weighted by atomic mass is 10.2. The van der Waals surface area contributed by atoms with Crippen molar-refractivity contribution in [3.8, 4) is 5.69 Å². The number of nitrogens with zero attached hydrogens (tertiary/aromatic N) is 2. The summed E-state index contributed by atoms with van der Waals surface area (Å²) in [4.78, 5) is 0. The molecule has 0 amide bonds. The zero-order valence-corrected chi connectivity index (χ0v) is 11.6. The van der Waals surface area contributed by atoms with Gasteiger partial charge in [-0.1, -0.05) is 44.2 Å². The van der Waals surface area contributed by atoms with Gasteiger partial charge in [0.1, 0.15) is 0 Å². The van der Waals surface area contributed by atoms with Gasteiger partial charge in [-0.05, 0) is 24.6 Å². The standard InChI is InChI=1S/C16H21N3/c1-14(2)11-17-10-6-7-15-12-18-19(13-15)16-8-4-3-5-9-16/h3-9,12-14,17H,10-11H2,1-2H3. The number of hydrogen-bond acceptors (Lipinski definition) is 2. The minimum absolute atomic E-state index is 0.689. The quantitative estimate of drug-likeness (QED) is 0.804. The molecule has 19 heavy (non-hydrogen) atoms. The second-order valence-corrected chi connectivity index (χ2v) is 5.01. The summed E-state index contributed by atoms with van der Waals surface area (Å²) in [6.45, 7) is 6.36. The van der Waals surface area contributed by atoms with Crippen molar-refractivity contribution in [3.05, 3.63) is 54.4 Å². The van der Waals surface area contributed by atoms with Gasteiger partial charge in [0.2, 0.25) is 0 Å². The Morgan fingerprint density at radius 3 is 2.79 bits per heavy atom. The highest BCUT2D eigenvalue weighted by atomic mass is 15.3. The average molecular weight is 255 g/mol. The Hall–Kier alpha value is -1.87. The second kappa shape index (κ2) is 6.90. The third kappa shape index (κ3) is 4.38. The van der Waals surface area contributed by atoms with Crippen LogP contribution in [0.25, 0.3) is 11.8 Å². The van der Waals surface area contributed by atoms with Crippen LogP contribution in [0.4, 0.5) is 0 Å². The highest BCUT2D eigenvalue weighted by molar-refractivity contribution is 5.48. The minimum Gasteiger partial charge on any atom is -0.313 e.